The van der Waals surface area contributed by atoms with E-state index in [4.69, 9.17) is 0 Å². The Morgan fingerprint density at radius 1 is 0.955 bits per heavy atom. The largest absolute Gasteiger partial charge is 0.416 e. The maximum absolute atomic E-state index is 13.5. The minimum Gasteiger partial charge on any atom is -0.280 e. The molecule has 9 heteroatoms. The van der Waals surface area contributed by atoms with E-state index in [1.165, 1.54) is 0 Å². The Morgan fingerprint density at radius 2 is 1.64 bits per heavy atom. The van der Waals surface area contributed by atoms with Gasteiger partial charge >= 0.3 is 6.18 Å². The van der Waals surface area contributed by atoms with Crippen LogP contribution in [-0.4, -0.2) is 8.42 Å². The Morgan fingerprint density at radius 3 is 2.23 bits per heavy atom. The zero-order valence-electron chi connectivity index (χ0n) is 10.7. The maximum atomic E-state index is 13.5. The van der Waals surface area contributed by atoms with Crippen LogP contribution >= 0.6 is 0 Å². The van der Waals surface area contributed by atoms with Crippen molar-refractivity contribution in [2.24, 2.45) is 0 Å². The van der Waals surface area contributed by atoms with Crippen LogP contribution < -0.4 is 4.72 Å². The SMILES string of the molecule is O=S(=O)(Nc1cccc(C(F)(F)F)c1)c1ccc(F)cc1F. The van der Waals surface area contributed by atoms with Crippen molar-refractivity contribution in [3.05, 3.63) is 59.7 Å². The fraction of sp³-hybridized carbons (Fsp3) is 0.0769. The van der Waals surface area contributed by atoms with E-state index in [2.05, 4.69) is 0 Å². The summed E-state index contributed by atoms with van der Waals surface area (Å²) in [4.78, 5) is -0.869. The normalized spacial score (nSPS) is 12.2. The summed E-state index contributed by atoms with van der Waals surface area (Å²) < 4.78 is 89.6. The molecule has 118 valence electrons. The second-order valence-electron chi connectivity index (χ2n) is 4.26. The Balaban J connectivity index is 2.37. The molecule has 2 rings (SSSR count). The van der Waals surface area contributed by atoms with Crippen LogP contribution in [0.15, 0.2) is 47.4 Å². The van der Waals surface area contributed by atoms with E-state index in [1.807, 2.05) is 4.72 Å². The van der Waals surface area contributed by atoms with Crippen molar-refractivity contribution >= 4 is 15.7 Å². The van der Waals surface area contributed by atoms with Crippen LogP contribution in [0.3, 0.4) is 0 Å². The lowest BCUT2D eigenvalue weighted by Gasteiger charge is -2.11. The first-order valence-corrected chi connectivity index (χ1v) is 7.23. The smallest absolute Gasteiger partial charge is 0.280 e. The zero-order chi connectivity index (χ0) is 16.5. The fourth-order valence-electron chi connectivity index (χ4n) is 1.66. The van der Waals surface area contributed by atoms with Crippen molar-refractivity contribution in [3.8, 4) is 0 Å². The summed E-state index contributed by atoms with van der Waals surface area (Å²) in [5.74, 6) is -2.32. The summed E-state index contributed by atoms with van der Waals surface area (Å²) in [7, 11) is -4.48. The average Bonchev–Trinajstić information content (AvgIpc) is 2.36. The number of sulfonamides is 1. The quantitative estimate of drug-likeness (QED) is 0.867. The van der Waals surface area contributed by atoms with Gasteiger partial charge in [0.2, 0.25) is 0 Å². The summed E-state index contributed by atoms with van der Waals surface area (Å²) in [5, 5.41) is 0. The summed E-state index contributed by atoms with van der Waals surface area (Å²) in [6.45, 7) is 0. The Labute approximate surface area is 122 Å². The molecule has 0 aliphatic heterocycles. The number of benzene rings is 2. The lowest BCUT2D eigenvalue weighted by Crippen LogP contribution is -2.15. The number of anilines is 1. The van der Waals surface area contributed by atoms with Gasteiger partial charge in [-0.3, -0.25) is 4.72 Å². The monoisotopic (exact) mass is 337 g/mol. The van der Waals surface area contributed by atoms with Gasteiger partial charge in [-0.15, -0.1) is 0 Å². The van der Waals surface area contributed by atoms with Gasteiger partial charge in [0.05, 0.1) is 5.56 Å². The van der Waals surface area contributed by atoms with Crippen molar-refractivity contribution in [1.82, 2.24) is 0 Å². The summed E-state index contributed by atoms with van der Waals surface area (Å²) >= 11 is 0. The van der Waals surface area contributed by atoms with Gasteiger partial charge in [-0.2, -0.15) is 13.2 Å². The van der Waals surface area contributed by atoms with E-state index >= 15 is 0 Å². The van der Waals surface area contributed by atoms with E-state index in [-0.39, 0.29) is 0 Å². The van der Waals surface area contributed by atoms with E-state index in [0.29, 0.717) is 18.2 Å². The van der Waals surface area contributed by atoms with Crippen molar-refractivity contribution in [2.75, 3.05) is 4.72 Å². The summed E-state index contributed by atoms with van der Waals surface area (Å²) in [6, 6.07) is 5.18. The van der Waals surface area contributed by atoms with Gasteiger partial charge in [-0.05, 0) is 30.3 Å². The van der Waals surface area contributed by atoms with Gasteiger partial charge in [0, 0.05) is 11.8 Å². The molecule has 0 fully saturated rings. The molecule has 22 heavy (non-hydrogen) atoms. The van der Waals surface area contributed by atoms with E-state index in [9.17, 15) is 30.4 Å². The summed E-state index contributed by atoms with van der Waals surface area (Å²) in [5.41, 5.74) is -1.45. The molecule has 0 saturated carbocycles. The van der Waals surface area contributed by atoms with Gasteiger partial charge in [0.15, 0.2) is 0 Å². The van der Waals surface area contributed by atoms with Gasteiger partial charge in [-0.1, -0.05) is 6.07 Å². The van der Waals surface area contributed by atoms with Crippen LogP contribution in [-0.2, 0) is 16.2 Å². The molecular weight excluding hydrogens is 329 g/mol. The molecule has 2 aromatic carbocycles. The topological polar surface area (TPSA) is 46.2 Å². The minimum absolute atomic E-state index is 0.362. The molecule has 2 aromatic rings. The minimum atomic E-state index is -4.65. The molecule has 0 radical (unpaired) electrons. The molecule has 0 spiro atoms. The molecule has 1 N–H and O–H groups in total. The number of hydrogen-bond acceptors (Lipinski definition) is 2. The standard InChI is InChI=1S/C13H8F5NO2S/c14-9-4-5-12(11(15)7-9)22(20,21)19-10-3-1-2-8(6-10)13(16,17)18/h1-7,19H. The van der Waals surface area contributed by atoms with Crippen molar-refractivity contribution in [3.63, 3.8) is 0 Å². The third-order valence-corrected chi connectivity index (χ3v) is 4.04. The van der Waals surface area contributed by atoms with Crippen molar-refractivity contribution < 1.29 is 30.4 Å². The molecule has 3 nitrogen and oxygen atoms in total. The molecule has 0 amide bonds. The van der Waals surface area contributed by atoms with Crippen LogP contribution in [0.2, 0.25) is 0 Å². The first-order chi connectivity index (χ1) is 10.1. The predicted octanol–water partition coefficient (Wildman–Crippen LogP) is 3.78. The molecular formula is C13H8F5NO2S. The molecule has 0 bridgehead atoms. The number of alkyl halides is 3. The van der Waals surface area contributed by atoms with Gasteiger partial charge < -0.3 is 0 Å². The van der Waals surface area contributed by atoms with Gasteiger partial charge in [-0.25, -0.2) is 17.2 Å². The second kappa shape index (κ2) is 5.56. The summed E-state index contributed by atoms with van der Waals surface area (Å²) in [6.07, 6.45) is -4.65. The number of nitrogens with one attached hydrogen (secondary N) is 1. The lowest BCUT2D eigenvalue weighted by atomic mass is 10.2. The van der Waals surface area contributed by atoms with Gasteiger partial charge in [0.25, 0.3) is 10.0 Å². The molecule has 0 atom stereocenters. The maximum Gasteiger partial charge on any atom is 0.416 e. The van der Waals surface area contributed by atoms with Crippen molar-refractivity contribution in [1.29, 1.82) is 0 Å². The van der Waals surface area contributed by atoms with Gasteiger partial charge in [0.1, 0.15) is 16.5 Å². The highest BCUT2D eigenvalue weighted by atomic mass is 32.2. The molecule has 0 aromatic heterocycles. The van der Waals surface area contributed by atoms with Crippen LogP contribution in [0, 0.1) is 11.6 Å². The molecule has 0 saturated heterocycles. The second-order valence-corrected chi connectivity index (χ2v) is 5.91. The first kappa shape index (κ1) is 16.2. The fourth-order valence-corrected chi connectivity index (χ4v) is 2.77. The van der Waals surface area contributed by atoms with E-state index < -0.39 is 44.0 Å². The van der Waals surface area contributed by atoms with Crippen molar-refractivity contribution in [2.45, 2.75) is 11.1 Å². The van der Waals surface area contributed by atoms with Crippen LogP contribution in [0.1, 0.15) is 5.56 Å². The van der Waals surface area contributed by atoms with E-state index in [0.717, 1.165) is 24.3 Å². The van der Waals surface area contributed by atoms with Crippen LogP contribution in [0.5, 0.6) is 0 Å². The molecule has 0 unspecified atom stereocenters. The van der Waals surface area contributed by atoms with Crippen LogP contribution in [0.4, 0.5) is 27.6 Å². The number of halogens is 5. The lowest BCUT2D eigenvalue weighted by molar-refractivity contribution is -0.137. The Kier molecular flexibility index (Phi) is 4.10. The third kappa shape index (κ3) is 3.53. The zero-order valence-corrected chi connectivity index (χ0v) is 11.5. The molecule has 0 aliphatic carbocycles. The number of hydrogen-bond donors (Lipinski definition) is 1. The van der Waals surface area contributed by atoms with E-state index in [1.54, 1.807) is 0 Å². The molecule has 0 aliphatic rings. The third-order valence-electron chi connectivity index (χ3n) is 2.63. The highest BCUT2D eigenvalue weighted by Crippen LogP contribution is 2.31. The molecule has 0 heterocycles. The Hall–Kier alpha value is -2.16. The predicted molar refractivity (Wildman–Crippen MR) is 68.6 cm³/mol. The average molecular weight is 337 g/mol. The highest BCUT2D eigenvalue weighted by Gasteiger charge is 2.31. The Bertz CT molecular complexity index is 802. The number of rotatable bonds is 3. The van der Waals surface area contributed by atoms with Crippen LogP contribution in [0.25, 0.3) is 0 Å². The first-order valence-electron chi connectivity index (χ1n) is 5.75. The highest BCUT2D eigenvalue weighted by molar-refractivity contribution is 7.92.